The number of thioether (sulfide) groups is 1. The highest BCUT2D eigenvalue weighted by molar-refractivity contribution is 7.99. The lowest BCUT2D eigenvalue weighted by Gasteiger charge is -2.15. The van der Waals surface area contributed by atoms with Gasteiger partial charge >= 0.3 is 0 Å². The molecule has 0 fully saturated rings. The molecule has 1 amide bonds. The number of aliphatic hydroxyl groups excluding tert-OH is 1. The molecule has 0 radical (unpaired) electrons. The second kappa shape index (κ2) is 8.49. The fourth-order valence-corrected chi connectivity index (χ4v) is 2.76. The number of carbonyl (C=O) groups excluding carboxylic acids is 1. The van der Waals surface area contributed by atoms with Crippen LogP contribution >= 0.6 is 23.1 Å². The average Bonchev–Trinajstić information content (AvgIpc) is 2.81. The molecule has 1 aromatic heterocycles. The van der Waals surface area contributed by atoms with Gasteiger partial charge in [0.15, 0.2) is 0 Å². The SMILES string of the molecule is CCC(CCO)NC(=O)CSCc1cscn1. The van der Waals surface area contributed by atoms with Gasteiger partial charge in [-0.1, -0.05) is 6.92 Å². The Balaban J connectivity index is 2.16. The zero-order chi connectivity index (χ0) is 12.5. The third-order valence-corrected chi connectivity index (χ3v) is 3.90. The molecule has 0 aromatic carbocycles. The number of nitrogens with zero attached hydrogens (tertiary/aromatic N) is 1. The van der Waals surface area contributed by atoms with Crippen LogP contribution in [0, 0.1) is 0 Å². The van der Waals surface area contributed by atoms with Crippen LogP contribution in [0.5, 0.6) is 0 Å². The molecule has 0 spiro atoms. The molecule has 0 bridgehead atoms. The number of thiazole rings is 1. The highest BCUT2D eigenvalue weighted by atomic mass is 32.2. The van der Waals surface area contributed by atoms with Crippen LogP contribution < -0.4 is 5.32 Å². The molecule has 0 saturated heterocycles. The van der Waals surface area contributed by atoms with Crippen molar-refractivity contribution in [1.82, 2.24) is 10.3 Å². The van der Waals surface area contributed by atoms with E-state index in [0.717, 1.165) is 17.9 Å². The maximum Gasteiger partial charge on any atom is 0.230 e. The van der Waals surface area contributed by atoms with Crippen molar-refractivity contribution < 1.29 is 9.90 Å². The summed E-state index contributed by atoms with van der Waals surface area (Å²) in [6.07, 6.45) is 1.47. The Morgan fingerprint density at radius 1 is 1.71 bits per heavy atom. The summed E-state index contributed by atoms with van der Waals surface area (Å²) in [5, 5.41) is 13.7. The molecule has 0 aliphatic heterocycles. The minimum Gasteiger partial charge on any atom is -0.396 e. The zero-order valence-corrected chi connectivity index (χ0v) is 11.5. The average molecular weight is 274 g/mol. The van der Waals surface area contributed by atoms with Gasteiger partial charge in [0.1, 0.15) is 0 Å². The van der Waals surface area contributed by atoms with Gasteiger partial charge in [-0.25, -0.2) is 4.98 Å². The van der Waals surface area contributed by atoms with E-state index in [1.807, 2.05) is 12.3 Å². The van der Waals surface area contributed by atoms with Crippen LogP contribution in [0.3, 0.4) is 0 Å². The largest absolute Gasteiger partial charge is 0.396 e. The van der Waals surface area contributed by atoms with Crippen molar-refractivity contribution in [1.29, 1.82) is 0 Å². The Kier molecular flexibility index (Phi) is 7.23. The summed E-state index contributed by atoms with van der Waals surface area (Å²) in [5.41, 5.74) is 2.82. The molecule has 4 nitrogen and oxygen atoms in total. The van der Waals surface area contributed by atoms with Crippen molar-refractivity contribution >= 4 is 29.0 Å². The van der Waals surface area contributed by atoms with Crippen molar-refractivity contribution in [2.24, 2.45) is 0 Å². The minimum atomic E-state index is 0.0329. The maximum atomic E-state index is 11.6. The van der Waals surface area contributed by atoms with E-state index in [0.29, 0.717) is 12.2 Å². The quantitative estimate of drug-likeness (QED) is 0.757. The predicted molar refractivity (Wildman–Crippen MR) is 72.2 cm³/mol. The van der Waals surface area contributed by atoms with E-state index in [1.165, 1.54) is 0 Å². The van der Waals surface area contributed by atoms with Gasteiger partial charge in [0.05, 0.1) is 17.0 Å². The van der Waals surface area contributed by atoms with Crippen molar-refractivity contribution in [2.45, 2.75) is 31.6 Å². The first kappa shape index (κ1) is 14.5. The monoisotopic (exact) mass is 274 g/mol. The van der Waals surface area contributed by atoms with E-state index in [2.05, 4.69) is 10.3 Å². The topological polar surface area (TPSA) is 62.2 Å². The van der Waals surface area contributed by atoms with Crippen molar-refractivity contribution in [3.05, 3.63) is 16.6 Å². The Hall–Kier alpha value is -0.590. The molecule has 1 unspecified atom stereocenters. The molecule has 17 heavy (non-hydrogen) atoms. The second-order valence-electron chi connectivity index (χ2n) is 3.66. The molecule has 2 N–H and O–H groups in total. The molecule has 96 valence electrons. The molecule has 1 heterocycles. The number of hydrogen-bond donors (Lipinski definition) is 2. The Morgan fingerprint density at radius 3 is 3.12 bits per heavy atom. The maximum absolute atomic E-state index is 11.6. The summed E-state index contributed by atoms with van der Waals surface area (Å²) in [4.78, 5) is 15.7. The van der Waals surface area contributed by atoms with Gasteiger partial charge in [-0.05, 0) is 12.8 Å². The van der Waals surface area contributed by atoms with E-state index in [4.69, 9.17) is 5.11 Å². The van der Waals surface area contributed by atoms with E-state index in [-0.39, 0.29) is 18.6 Å². The number of nitrogens with one attached hydrogen (secondary N) is 1. The van der Waals surface area contributed by atoms with Crippen LogP contribution in [0.25, 0.3) is 0 Å². The van der Waals surface area contributed by atoms with Crippen molar-refractivity contribution in [2.75, 3.05) is 12.4 Å². The third kappa shape index (κ3) is 6.05. The van der Waals surface area contributed by atoms with Crippen LogP contribution in [0.15, 0.2) is 10.9 Å². The lowest BCUT2D eigenvalue weighted by Crippen LogP contribution is -2.36. The Bertz CT molecular complexity index is 317. The molecule has 0 aliphatic rings. The highest BCUT2D eigenvalue weighted by Crippen LogP contribution is 2.11. The second-order valence-corrected chi connectivity index (χ2v) is 5.36. The summed E-state index contributed by atoms with van der Waals surface area (Å²) in [5.74, 6) is 1.25. The lowest BCUT2D eigenvalue weighted by molar-refractivity contribution is -0.119. The van der Waals surface area contributed by atoms with Gasteiger partial charge in [0.25, 0.3) is 0 Å². The minimum absolute atomic E-state index is 0.0329. The molecule has 1 rings (SSSR count). The van der Waals surface area contributed by atoms with Gasteiger partial charge < -0.3 is 10.4 Å². The molecular formula is C11H18N2O2S2. The van der Waals surface area contributed by atoms with Crippen LogP contribution in [-0.2, 0) is 10.5 Å². The summed E-state index contributed by atoms with van der Waals surface area (Å²) in [6, 6.07) is 0.0902. The molecule has 6 heteroatoms. The fraction of sp³-hybridized carbons (Fsp3) is 0.636. The predicted octanol–water partition coefficient (Wildman–Crippen LogP) is 1.65. The van der Waals surface area contributed by atoms with Crippen LogP contribution in [0.4, 0.5) is 0 Å². The smallest absolute Gasteiger partial charge is 0.230 e. The van der Waals surface area contributed by atoms with Crippen LogP contribution in [0.2, 0.25) is 0 Å². The molecule has 0 aliphatic carbocycles. The molecule has 0 saturated carbocycles. The van der Waals surface area contributed by atoms with Gasteiger partial charge in [-0.15, -0.1) is 23.1 Å². The zero-order valence-electron chi connectivity index (χ0n) is 9.89. The summed E-state index contributed by atoms with van der Waals surface area (Å²) < 4.78 is 0. The van der Waals surface area contributed by atoms with Crippen molar-refractivity contribution in [3.63, 3.8) is 0 Å². The summed E-state index contributed by atoms with van der Waals surface area (Å²) >= 11 is 3.13. The lowest BCUT2D eigenvalue weighted by atomic mass is 10.1. The first-order valence-electron chi connectivity index (χ1n) is 5.61. The van der Waals surface area contributed by atoms with Gasteiger partial charge in [0, 0.05) is 23.8 Å². The van der Waals surface area contributed by atoms with Crippen LogP contribution in [0.1, 0.15) is 25.5 Å². The fourth-order valence-electron chi connectivity index (χ4n) is 1.36. The van der Waals surface area contributed by atoms with E-state index < -0.39 is 0 Å². The van der Waals surface area contributed by atoms with Gasteiger partial charge in [-0.3, -0.25) is 4.79 Å². The van der Waals surface area contributed by atoms with E-state index in [1.54, 1.807) is 28.6 Å². The molecule has 1 atom stereocenters. The van der Waals surface area contributed by atoms with E-state index in [9.17, 15) is 4.79 Å². The summed E-state index contributed by atoms with van der Waals surface area (Å²) in [7, 11) is 0. The number of hydrogen-bond acceptors (Lipinski definition) is 5. The van der Waals surface area contributed by atoms with Gasteiger partial charge in [0.2, 0.25) is 5.91 Å². The number of aromatic nitrogens is 1. The first-order valence-corrected chi connectivity index (χ1v) is 7.71. The summed E-state index contributed by atoms with van der Waals surface area (Å²) in [6.45, 7) is 2.12. The Morgan fingerprint density at radius 2 is 2.53 bits per heavy atom. The van der Waals surface area contributed by atoms with Gasteiger partial charge in [-0.2, -0.15) is 0 Å². The molecule has 1 aromatic rings. The number of rotatable bonds is 8. The highest BCUT2D eigenvalue weighted by Gasteiger charge is 2.09. The van der Waals surface area contributed by atoms with E-state index >= 15 is 0 Å². The number of amides is 1. The number of aliphatic hydroxyl groups is 1. The Labute approximate surface area is 110 Å². The normalized spacial score (nSPS) is 12.4. The number of carbonyl (C=O) groups is 1. The van der Waals surface area contributed by atoms with Crippen LogP contribution in [-0.4, -0.2) is 34.4 Å². The standard InChI is InChI=1S/C11H18N2O2S2/c1-2-9(3-4-14)13-11(15)7-16-5-10-6-17-8-12-10/h6,8-9,14H,2-5,7H2,1H3,(H,13,15). The van der Waals surface area contributed by atoms with Crippen molar-refractivity contribution in [3.8, 4) is 0 Å². The first-order chi connectivity index (χ1) is 8.26. The molecular weight excluding hydrogens is 256 g/mol. The third-order valence-electron chi connectivity index (χ3n) is 2.30.